The van der Waals surface area contributed by atoms with Crippen LogP contribution < -0.4 is 5.32 Å². The maximum absolute atomic E-state index is 12.9. The fraction of sp³-hybridized carbons (Fsp3) is 0.150. The van der Waals surface area contributed by atoms with E-state index in [-0.39, 0.29) is 11.8 Å². The molecule has 1 aliphatic heterocycles. The minimum absolute atomic E-state index is 0.0255. The molecule has 2 amide bonds. The summed E-state index contributed by atoms with van der Waals surface area (Å²) in [6.45, 7) is 0.489. The first-order chi connectivity index (χ1) is 12.5. The zero-order chi connectivity index (χ0) is 18.3. The van der Waals surface area contributed by atoms with E-state index in [1.807, 2.05) is 36.4 Å². The van der Waals surface area contributed by atoms with E-state index in [1.54, 1.807) is 42.0 Å². The van der Waals surface area contributed by atoms with Crippen molar-refractivity contribution in [3.8, 4) is 11.3 Å². The molecule has 0 bridgehead atoms. The van der Waals surface area contributed by atoms with Crippen molar-refractivity contribution in [2.24, 2.45) is 7.05 Å². The highest BCUT2D eigenvalue weighted by Crippen LogP contribution is 2.29. The second-order valence-corrected chi connectivity index (χ2v) is 6.38. The summed E-state index contributed by atoms with van der Waals surface area (Å²) < 4.78 is 1.63. The Hall–Kier alpha value is -3.41. The van der Waals surface area contributed by atoms with Gasteiger partial charge in [0.2, 0.25) is 0 Å². The first-order valence-electron chi connectivity index (χ1n) is 8.32. The number of nitrogens with one attached hydrogen (secondary N) is 1. The normalized spacial score (nSPS) is 13.0. The molecule has 0 unspecified atom stereocenters. The van der Waals surface area contributed by atoms with Crippen LogP contribution in [0.5, 0.6) is 0 Å². The molecule has 0 saturated heterocycles. The maximum atomic E-state index is 12.9. The van der Waals surface area contributed by atoms with Gasteiger partial charge < -0.3 is 10.2 Å². The average molecular weight is 346 g/mol. The highest BCUT2D eigenvalue weighted by molar-refractivity contribution is 6.09. The third-order valence-electron chi connectivity index (χ3n) is 4.52. The van der Waals surface area contributed by atoms with E-state index in [1.165, 1.54) is 0 Å². The number of hydrogen-bond acceptors (Lipinski definition) is 3. The third kappa shape index (κ3) is 2.65. The Morgan fingerprint density at radius 3 is 2.62 bits per heavy atom. The number of carbonyl (C=O) groups excluding carboxylic acids is 2. The summed E-state index contributed by atoms with van der Waals surface area (Å²) in [6, 6.07) is 15.0. The van der Waals surface area contributed by atoms with Crippen molar-refractivity contribution in [1.29, 1.82) is 0 Å². The number of anilines is 1. The number of rotatable bonds is 3. The number of nitrogens with zero attached hydrogens (tertiary/aromatic N) is 3. The van der Waals surface area contributed by atoms with E-state index < -0.39 is 0 Å². The summed E-state index contributed by atoms with van der Waals surface area (Å²) in [7, 11) is 3.54. The van der Waals surface area contributed by atoms with Crippen molar-refractivity contribution in [3.05, 3.63) is 71.4 Å². The molecule has 130 valence electrons. The maximum Gasteiger partial charge on any atom is 0.259 e. The molecule has 1 aliphatic rings. The van der Waals surface area contributed by atoms with Gasteiger partial charge in [-0.3, -0.25) is 14.3 Å². The van der Waals surface area contributed by atoms with Gasteiger partial charge in [0.05, 0.1) is 5.56 Å². The molecular weight excluding hydrogens is 328 g/mol. The SMILES string of the molecule is CN1Cc2c(NC(=O)c3cn(C)nc3-c3ccccc3)cccc2C1=O. The molecule has 1 N–H and O–H groups in total. The van der Waals surface area contributed by atoms with Crippen molar-refractivity contribution >= 4 is 17.5 Å². The fourth-order valence-corrected chi connectivity index (χ4v) is 3.24. The van der Waals surface area contributed by atoms with Gasteiger partial charge in [-0.2, -0.15) is 5.10 Å². The van der Waals surface area contributed by atoms with Crippen LogP contribution in [0.25, 0.3) is 11.3 Å². The highest BCUT2D eigenvalue weighted by atomic mass is 16.2. The molecule has 26 heavy (non-hydrogen) atoms. The largest absolute Gasteiger partial charge is 0.337 e. The Labute approximate surface area is 151 Å². The minimum Gasteiger partial charge on any atom is -0.337 e. The predicted molar refractivity (Wildman–Crippen MR) is 98.8 cm³/mol. The number of hydrogen-bond donors (Lipinski definition) is 1. The number of benzene rings is 2. The first-order valence-corrected chi connectivity index (χ1v) is 8.32. The number of amides is 2. The Kier molecular flexibility index (Phi) is 3.80. The Morgan fingerprint density at radius 2 is 1.85 bits per heavy atom. The van der Waals surface area contributed by atoms with Gasteiger partial charge in [-0.25, -0.2) is 0 Å². The van der Waals surface area contributed by atoms with Crippen LogP contribution in [0.15, 0.2) is 54.7 Å². The lowest BCUT2D eigenvalue weighted by atomic mass is 10.1. The van der Waals surface area contributed by atoms with E-state index in [9.17, 15) is 9.59 Å². The predicted octanol–water partition coefficient (Wildman–Crippen LogP) is 2.93. The number of fused-ring (bicyclic) bond motifs is 1. The van der Waals surface area contributed by atoms with Crippen LogP contribution in [0.1, 0.15) is 26.3 Å². The molecular formula is C20H18N4O2. The quantitative estimate of drug-likeness (QED) is 0.793. The van der Waals surface area contributed by atoms with Crippen molar-refractivity contribution in [2.75, 3.05) is 12.4 Å². The van der Waals surface area contributed by atoms with Crippen LogP contribution in [0.2, 0.25) is 0 Å². The molecule has 4 rings (SSSR count). The summed E-state index contributed by atoms with van der Waals surface area (Å²) >= 11 is 0. The Bertz CT molecular complexity index is 1010. The van der Waals surface area contributed by atoms with E-state index in [2.05, 4.69) is 10.4 Å². The summed E-state index contributed by atoms with van der Waals surface area (Å²) in [5, 5.41) is 7.39. The number of aromatic nitrogens is 2. The molecule has 2 aromatic carbocycles. The molecule has 0 spiro atoms. The molecule has 0 saturated carbocycles. The molecule has 6 heteroatoms. The van der Waals surface area contributed by atoms with Crippen molar-refractivity contribution in [2.45, 2.75) is 6.54 Å². The fourth-order valence-electron chi connectivity index (χ4n) is 3.24. The lowest BCUT2D eigenvalue weighted by Crippen LogP contribution is -2.17. The molecule has 0 fully saturated rings. The molecule has 0 atom stereocenters. The van der Waals surface area contributed by atoms with Gasteiger partial charge in [0.15, 0.2) is 0 Å². The Balaban J connectivity index is 1.69. The standard InChI is InChI=1S/C20H18N4O2/c1-23-11-15-14(20(23)26)9-6-10-17(15)21-19(25)16-12-24(2)22-18(16)13-7-4-3-5-8-13/h3-10,12H,11H2,1-2H3,(H,21,25). The van der Waals surface area contributed by atoms with E-state index in [0.717, 1.165) is 11.1 Å². The minimum atomic E-state index is -0.243. The second-order valence-electron chi connectivity index (χ2n) is 6.38. The topological polar surface area (TPSA) is 67.2 Å². The van der Waals surface area contributed by atoms with Crippen molar-refractivity contribution < 1.29 is 9.59 Å². The molecule has 0 aliphatic carbocycles. The summed E-state index contributed by atoms with van der Waals surface area (Å²) in [5.41, 5.74) is 4.15. The zero-order valence-electron chi connectivity index (χ0n) is 14.6. The van der Waals surface area contributed by atoms with E-state index in [4.69, 9.17) is 0 Å². The van der Waals surface area contributed by atoms with E-state index in [0.29, 0.717) is 29.1 Å². The van der Waals surface area contributed by atoms with Crippen LogP contribution >= 0.6 is 0 Å². The van der Waals surface area contributed by atoms with Gasteiger partial charge in [-0.15, -0.1) is 0 Å². The van der Waals surface area contributed by atoms with Gasteiger partial charge in [0, 0.05) is 49.2 Å². The van der Waals surface area contributed by atoms with E-state index >= 15 is 0 Å². The van der Waals surface area contributed by atoms with Crippen LogP contribution in [0.4, 0.5) is 5.69 Å². The average Bonchev–Trinajstić information content (AvgIpc) is 3.17. The summed E-state index contributed by atoms with van der Waals surface area (Å²) in [4.78, 5) is 26.7. The molecule has 2 heterocycles. The van der Waals surface area contributed by atoms with Crippen molar-refractivity contribution in [3.63, 3.8) is 0 Å². The second kappa shape index (κ2) is 6.15. The van der Waals surface area contributed by atoms with Crippen LogP contribution in [0.3, 0.4) is 0 Å². The van der Waals surface area contributed by atoms with Gasteiger partial charge in [-0.05, 0) is 12.1 Å². The zero-order valence-corrected chi connectivity index (χ0v) is 14.6. The molecule has 3 aromatic rings. The van der Waals surface area contributed by atoms with Gasteiger partial charge in [0.25, 0.3) is 11.8 Å². The third-order valence-corrected chi connectivity index (χ3v) is 4.52. The summed E-state index contributed by atoms with van der Waals surface area (Å²) in [6.07, 6.45) is 1.71. The van der Waals surface area contributed by atoms with Crippen LogP contribution in [-0.2, 0) is 13.6 Å². The molecule has 0 radical (unpaired) electrons. The molecule has 1 aromatic heterocycles. The van der Waals surface area contributed by atoms with Crippen LogP contribution in [-0.4, -0.2) is 33.5 Å². The lowest BCUT2D eigenvalue weighted by molar-refractivity contribution is 0.0816. The van der Waals surface area contributed by atoms with Gasteiger partial charge in [-0.1, -0.05) is 36.4 Å². The number of aryl methyl sites for hydroxylation is 1. The lowest BCUT2D eigenvalue weighted by Gasteiger charge is -2.10. The van der Waals surface area contributed by atoms with Gasteiger partial charge >= 0.3 is 0 Å². The first kappa shape index (κ1) is 16.1. The van der Waals surface area contributed by atoms with Gasteiger partial charge in [0.1, 0.15) is 5.69 Å². The van der Waals surface area contributed by atoms with Crippen molar-refractivity contribution in [1.82, 2.24) is 14.7 Å². The highest BCUT2D eigenvalue weighted by Gasteiger charge is 2.27. The smallest absolute Gasteiger partial charge is 0.259 e. The Morgan fingerprint density at radius 1 is 1.08 bits per heavy atom. The summed E-state index contributed by atoms with van der Waals surface area (Å²) in [5.74, 6) is -0.269. The number of carbonyl (C=O) groups is 2. The monoisotopic (exact) mass is 346 g/mol. The molecule has 6 nitrogen and oxygen atoms in total. The van der Waals surface area contributed by atoms with Crippen LogP contribution in [0, 0.1) is 0 Å².